The molecule has 4 atom stereocenters. The van der Waals surface area contributed by atoms with Crippen LogP contribution in [0, 0.1) is 0 Å². The molecule has 2 aromatic carbocycles. The number of aliphatic hydroxyl groups is 1. The van der Waals surface area contributed by atoms with Crippen LogP contribution in [0.4, 0.5) is 15.3 Å². The molecule has 4 rings (SSSR count). The van der Waals surface area contributed by atoms with Crippen LogP contribution in [0.25, 0.3) is 0 Å². The molecule has 2 fully saturated rings. The number of carbonyl (C=O) groups excluding carboxylic acids is 4. The van der Waals surface area contributed by atoms with Gasteiger partial charge in [-0.3, -0.25) is 14.6 Å². The van der Waals surface area contributed by atoms with Gasteiger partial charge in [0, 0.05) is 36.6 Å². The molecule has 15 nitrogen and oxygen atoms in total. The highest BCUT2D eigenvalue weighted by atomic mass is 32.1. The number of nitrogens with one attached hydrogen (secondary N) is 4. The Labute approximate surface area is 290 Å². The van der Waals surface area contributed by atoms with Crippen LogP contribution in [0.1, 0.15) is 39.2 Å². The summed E-state index contributed by atoms with van der Waals surface area (Å²) in [5.74, 6) is -1.53. The van der Waals surface area contributed by atoms with E-state index in [1.807, 2.05) is 30.3 Å². The average molecular weight is 696 g/mol. The fourth-order valence-electron chi connectivity index (χ4n) is 5.79. The van der Waals surface area contributed by atoms with Crippen molar-refractivity contribution in [1.29, 1.82) is 0 Å². The Balaban J connectivity index is 1.58. The van der Waals surface area contributed by atoms with E-state index in [4.69, 9.17) is 16.2 Å². The molecular weight excluding hydrogens is 650 g/mol. The SMILES string of the molecule is C=C(Nc1ccccc1S)C(O)[C@H](CNC(=O)N=C(N)N)NC(=O)[C@@H]1CCN2CC[C@](Cc3ccccc3)(NC(=O)OC(C)(C)C)C(=O)N12. The number of hydrogen-bond donors (Lipinski definition) is 8. The molecule has 2 aliphatic heterocycles. The fourth-order valence-corrected chi connectivity index (χ4v) is 6.00. The molecule has 0 aromatic heterocycles. The topological polar surface area (TPSA) is 217 Å². The number of ether oxygens (including phenoxy) is 1. The van der Waals surface area contributed by atoms with Crippen LogP contribution >= 0.6 is 12.6 Å². The molecule has 49 heavy (non-hydrogen) atoms. The summed E-state index contributed by atoms with van der Waals surface area (Å²) in [7, 11) is 0. The van der Waals surface area contributed by atoms with E-state index in [0.717, 1.165) is 5.56 Å². The summed E-state index contributed by atoms with van der Waals surface area (Å²) in [5, 5.41) is 25.6. The zero-order valence-corrected chi connectivity index (χ0v) is 28.7. The number of fused-ring (bicyclic) bond motifs is 1. The van der Waals surface area contributed by atoms with Crippen LogP contribution in [0.2, 0.25) is 0 Å². The molecule has 5 amide bonds. The van der Waals surface area contributed by atoms with Gasteiger partial charge in [0.2, 0.25) is 5.91 Å². The minimum absolute atomic E-state index is 0.105. The molecule has 2 aliphatic rings. The summed E-state index contributed by atoms with van der Waals surface area (Å²) in [6.07, 6.45) is -1.46. The molecular formula is C33H45N9O6S. The van der Waals surface area contributed by atoms with Gasteiger partial charge in [-0.1, -0.05) is 49.0 Å². The lowest BCUT2D eigenvalue weighted by atomic mass is 9.84. The minimum atomic E-state index is -1.43. The van der Waals surface area contributed by atoms with Gasteiger partial charge in [0.1, 0.15) is 23.3 Å². The predicted octanol–water partition coefficient (Wildman–Crippen LogP) is 1.46. The maximum absolute atomic E-state index is 14.5. The Morgan fingerprint density at radius 3 is 2.45 bits per heavy atom. The Bertz CT molecular complexity index is 1580. The number of thiol groups is 1. The number of aliphatic hydroxyl groups excluding tert-OH is 1. The van der Waals surface area contributed by atoms with Gasteiger partial charge in [0.15, 0.2) is 5.96 Å². The third-order valence-electron chi connectivity index (χ3n) is 8.04. The second-order valence-corrected chi connectivity index (χ2v) is 13.5. The van der Waals surface area contributed by atoms with Crippen LogP contribution in [0.5, 0.6) is 0 Å². The van der Waals surface area contributed by atoms with Crippen molar-refractivity contribution in [3.05, 3.63) is 72.4 Å². The summed E-state index contributed by atoms with van der Waals surface area (Å²) in [6, 6.07) is 13.3. The van der Waals surface area contributed by atoms with E-state index in [9.17, 15) is 24.3 Å². The summed E-state index contributed by atoms with van der Waals surface area (Å²) < 4.78 is 5.54. The highest BCUT2D eigenvalue weighted by Crippen LogP contribution is 2.33. The number of urea groups is 1. The van der Waals surface area contributed by atoms with E-state index in [0.29, 0.717) is 23.7 Å². The second-order valence-electron chi connectivity index (χ2n) is 13.0. The largest absolute Gasteiger partial charge is 0.444 e. The van der Waals surface area contributed by atoms with Crippen molar-refractivity contribution in [3.63, 3.8) is 0 Å². The first kappa shape index (κ1) is 37.0. The van der Waals surface area contributed by atoms with Crippen LogP contribution < -0.4 is 32.7 Å². The summed E-state index contributed by atoms with van der Waals surface area (Å²) in [5.41, 5.74) is 9.90. The monoisotopic (exact) mass is 695 g/mol. The first-order valence-corrected chi connectivity index (χ1v) is 16.3. The predicted molar refractivity (Wildman–Crippen MR) is 187 cm³/mol. The van der Waals surface area contributed by atoms with E-state index < -0.39 is 59.2 Å². The molecule has 264 valence electrons. The number of para-hydroxylation sites is 1. The van der Waals surface area contributed by atoms with E-state index in [-0.39, 0.29) is 31.5 Å². The quantitative estimate of drug-likeness (QED) is 0.0962. The molecule has 2 heterocycles. The van der Waals surface area contributed by atoms with Gasteiger partial charge in [0.25, 0.3) is 5.91 Å². The van der Waals surface area contributed by atoms with Gasteiger partial charge in [-0.05, 0) is 51.3 Å². The maximum atomic E-state index is 14.5. The number of nitrogens with two attached hydrogens (primary N) is 2. The number of alkyl carbamates (subject to hydrolysis) is 1. The first-order valence-electron chi connectivity index (χ1n) is 15.8. The number of benzene rings is 2. The smallest absolute Gasteiger partial charge is 0.408 e. The van der Waals surface area contributed by atoms with Crippen molar-refractivity contribution >= 4 is 48.2 Å². The summed E-state index contributed by atoms with van der Waals surface area (Å²) >= 11 is 4.42. The molecule has 1 unspecified atom stereocenters. The second kappa shape index (κ2) is 15.6. The van der Waals surface area contributed by atoms with Crippen molar-refractivity contribution in [1.82, 2.24) is 26.0 Å². The van der Waals surface area contributed by atoms with E-state index in [1.54, 1.807) is 50.0 Å². The molecule has 0 radical (unpaired) electrons. The molecule has 2 aromatic rings. The molecule has 0 bridgehead atoms. The van der Waals surface area contributed by atoms with Crippen molar-refractivity contribution in [2.24, 2.45) is 16.5 Å². The summed E-state index contributed by atoms with van der Waals surface area (Å²) in [4.78, 5) is 57.9. The lowest BCUT2D eigenvalue weighted by Crippen LogP contribution is -2.70. The van der Waals surface area contributed by atoms with E-state index in [2.05, 4.69) is 45.5 Å². The number of hydrogen-bond acceptors (Lipinski definition) is 9. The lowest BCUT2D eigenvalue weighted by Gasteiger charge is -2.46. The normalized spacial score (nSPS) is 20.3. The molecule has 16 heteroatoms. The number of rotatable bonds is 11. The van der Waals surface area contributed by atoms with E-state index in [1.165, 1.54) is 5.01 Å². The Morgan fingerprint density at radius 2 is 1.80 bits per heavy atom. The summed E-state index contributed by atoms with van der Waals surface area (Å²) in [6.45, 7) is 9.60. The zero-order chi connectivity index (χ0) is 35.9. The number of carbonyl (C=O) groups is 4. The third kappa shape index (κ3) is 9.64. The van der Waals surface area contributed by atoms with Gasteiger partial charge in [0.05, 0.1) is 11.7 Å². The van der Waals surface area contributed by atoms with Crippen LogP contribution in [-0.4, -0.2) is 94.0 Å². The Hall–Kier alpha value is -4.80. The lowest BCUT2D eigenvalue weighted by molar-refractivity contribution is -0.167. The van der Waals surface area contributed by atoms with Crippen molar-refractivity contribution in [2.45, 2.75) is 74.3 Å². The maximum Gasteiger partial charge on any atom is 0.408 e. The molecule has 9 N–H and O–H groups in total. The van der Waals surface area contributed by atoms with Crippen molar-refractivity contribution in [3.8, 4) is 0 Å². The first-order chi connectivity index (χ1) is 23.1. The minimum Gasteiger partial charge on any atom is -0.444 e. The Morgan fingerprint density at radius 1 is 1.12 bits per heavy atom. The fraction of sp³-hybridized carbons (Fsp3) is 0.424. The highest BCUT2D eigenvalue weighted by Gasteiger charge is 2.54. The third-order valence-corrected chi connectivity index (χ3v) is 8.43. The Kier molecular flexibility index (Phi) is 11.8. The molecule has 2 saturated heterocycles. The van der Waals surface area contributed by atoms with Gasteiger partial charge in [-0.25, -0.2) is 14.6 Å². The molecule has 0 saturated carbocycles. The zero-order valence-electron chi connectivity index (χ0n) is 27.8. The van der Waals surface area contributed by atoms with Gasteiger partial charge in [-0.2, -0.15) is 4.99 Å². The number of guanidine groups is 1. The van der Waals surface area contributed by atoms with Crippen molar-refractivity contribution in [2.75, 3.05) is 25.0 Å². The number of hydrazine groups is 1. The number of anilines is 1. The average Bonchev–Trinajstić information content (AvgIpc) is 3.46. The van der Waals surface area contributed by atoms with Gasteiger partial charge < -0.3 is 42.6 Å². The van der Waals surface area contributed by atoms with Crippen LogP contribution in [-0.2, 0) is 20.7 Å². The molecule has 0 aliphatic carbocycles. The standard InChI is InChI=1S/C33H45N9O6S/c1-20(37-22-12-8-9-13-25(22)49)26(43)23(19-36-30(46)39-29(34)35)38-27(44)24-14-16-41-17-15-33(28(45)42(24)41,18-21-10-6-5-7-11-21)40-31(47)48-32(2,3)4/h5-13,23-24,26,37,43,49H,1,14-19H2,2-4H3,(H,38,44)(H,40,47)(H5,34,35,36,39,46)/t23-,24-,26?,33+/m0/s1. The number of nitrogens with zero attached hydrogens (tertiary/aromatic N) is 3. The van der Waals surface area contributed by atoms with Crippen LogP contribution in [0.3, 0.4) is 0 Å². The van der Waals surface area contributed by atoms with Gasteiger partial charge >= 0.3 is 12.1 Å². The highest BCUT2D eigenvalue weighted by molar-refractivity contribution is 7.80. The molecule has 0 spiro atoms. The van der Waals surface area contributed by atoms with E-state index >= 15 is 0 Å². The number of amides is 5. The van der Waals surface area contributed by atoms with Crippen molar-refractivity contribution < 1.29 is 29.0 Å². The van der Waals surface area contributed by atoms with Gasteiger partial charge in [-0.15, -0.1) is 12.6 Å². The van der Waals surface area contributed by atoms with Crippen LogP contribution in [0.15, 0.2) is 76.8 Å². The number of aliphatic imine (C=N–C) groups is 1.